The quantitative estimate of drug-likeness (QED) is 0.116. The third-order valence-electron chi connectivity index (χ3n) is 22.1. The normalized spacial score (nSPS) is 19.1. The number of rotatable bonds is 11. The van der Waals surface area contributed by atoms with Crippen molar-refractivity contribution in [3.63, 3.8) is 0 Å². The van der Waals surface area contributed by atoms with E-state index in [0.717, 1.165) is 102 Å². The first-order chi connectivity index (χ1) is 56.2. The van der Waals surface area contributed by atoms with Gasteiger partial charge in [0.15, 0.2) is 6.29 Å². The molecule has 11 aromatic rings. The molecule has 0 spiro atoms. The SMILES string of the molecule is Cc1cc(C)c2c(c1)C(C)c1cc(C)cc(C)c1PP(Oc1ccccc1)O2.Cc1cc(C)c2c(c1)C(CC(C)CC(C)(C)C)c1cc(C)cc(C)c1PP(=O)(c1ccccc1)O2.Cc1cc(C)c2c(c1)Cc1cc(C)cc(C)c1PP(c1ccccc1)O2.Cc1ccc2c(c1)Cc1cc(C)ccc1OP(OCC(C)(C)C1OCCCO1)O2. The fraction of sp³-hybridized carbons (Fsp3) is 0.347. The lowest BCUT2D eigenvalue weighted by molar-refractivity contribution is -0.233. The van der Waals surface area contributed by atoms with Crippen LogP contribution in [0.3, 0.4) is 0 Å². The van der Waals surface area contributed by atoms with Crippen LogP contribution < -0.4 is 53.7 Å². The molecular weight excluding hydrogens is 1590 g/mol. The second kappa shape index (κ2) is 38.5. The fourth-order valence-electron chi connectivity index (χ4n) is 17.0. The summed E-state index contributed by atoms with van der Waals surface area (Å²) in [5.74, 6) is 6.48. The standard InChI is InChI=1S/C31H40O2P2.C24H26O2P2.C23H29O5P.C23H24OP2/c1-20-14-23(4)29-27(16-20)26(18-22(3)19-31(6,7)8)28-17-21(2)15-24(5)30(28)34-35(32,33-29)25-12-10-9-11-13-25;1-15-11-17(3)23-21(13-15)19(5)22-14-16(2)12-18(4)24(22)27-28(26-23)25-20-9-7-6-8-10-20;1-16-6-8-20-18(12-16)14-19-13-17(2)7-9-21(19)28-29(27-20)26-15-23(3,4)22-24-10-5-11-25-22;1-15-10-17(3)22-19(12-15)14-20-13-16(2)11-18(4)23(20)25-26(24-22)21-8-6-5-7-9-21/h9-17,22,26,34H,18-19H2,1-8H3;6-14,19,27H,1-5H3;6-9,12-13,22H,5,10-11,14-15H2,1-4H3;5-13,25H,14H2,1-4H3. The van der Waals surface area contributed by atoms with Gasteiger partial charge in [0.1, 0.15) is 42.3 Å². The largest absolute Gasteiger partial charge is 0.464 e. The van der Waals surface area contributed by atoms with E-state index in [-0.39, 0.29) is 31.3 Å². The van der Waals surface area contributed by atoms with E-state index >= 15 is 0 Å². The van der Waals surface area contributed by atoms with Crippen molar-refractivity contribution in [3.05, 3.63) is 323 Å². The molecule has 0 amide bonds. The molecule has 16 rings (SSSR count). The van der Waals surface area contributed by atoms with E-state index in [1.165, 1.54) is 127 Å². The minimum Gasteiger partial charge on any atom is -0.464 e. The molecule has 5 aliphatic rings. The van der Waals surface area contributed by atoms with Crippen LogP contribution in [0.2, 0.25) is 0 Å². The Hall–Kier alpha value is -7.09. The number of ether oxygens (including phenoxy) is 2. The van der Waals surface area contributed by atoms with Crippen molar-refractivity contribution in [3.8, 4) is 34.5 Å². The van der Waals surface area contributed by atoms with Crippen LogP contribution in [0.4, 0.5) is 0 Å². The Kier molecular flexibility index (Phi) is 29.0. The average molecular weight is 1710 g/mol. The lowest BCUT2D eigenvalue weighted by Crippen LogP contribution is -2.41. The molecule has 118 heavy (non-hydrogen) atoms. The van der Waals surface area contributed by atoms with E-state index in [1.807, 2.05) is 72.8 Å². The van der Waals surface area contributed by atoms with Gasteiger partial charge in [0, 0.05) is 63.1 Å². The Morgan fingerprint density at radius 3 is 1.54 bits per heavy atom. The summed E-state index contributed by atoms with van der Waals surface area (Å²) in [6.45, 7) is 48.0. The van der Waals surface area contributed by atoms with Crippen molar-refractivity contribution in [1.82, 2.24) is 0 Å². The van der Waals surface area contributed by atoms with Crippen LogP contribution in [0.5, 0.6) is 34.5 Å². The Labute approximate surface area is 713 Å². The minimum absolute atomic E-state index is 0.0894. The molecule has 9 atom stereocenters. The van der Waals surface area contributed by atoms with Crippen molar-refractivity contribution < 1.29 is 45.7 Å². The average Bonchev–Trinajstić information content (AvgIpc) is 0.738. The van der Waals surface area contributed by atoms with Crippen molar-refractivity contribution in [2.75, 3.05) is 19.8 Å². The Balaban J connectivity index is 0.000000137. The number of aryl methyl sites for hydroxylation is 14. The second-order valence-corrected chi connectivity index (χ2v) is 48.4. The number of para-hydroxylation sites is 1. The molecule has 5 heterocycles. The molecule has 1 saturated heterocycles. The predicted molar refractivity (Wildman–Crippen MR) is 505 cm³/mol. The zero-order valence-corrected chi connectivity index (χ0v) is 79.5. The molecule has 0 bridgehead atoms. The van der Waals surface area contributed by atoms with E-state index in [2.05, 4.69) is 273 Å². The first kappa shape index (κ1) is 88.7. The highest BCUT2D eigenvalue weighted by molar-refractivity contribution is 8.29. The molecular formula is C101H119O10P7. The number of hydrogen-bond acceptors (Lipinski definition) is 10. The highest BCUT2D eigenvalue weighted by Crippen LogP contribution is 2.67. The topological polar surface area (TPSA) is 100 Å². The first-order valence-electron chi connectivity index (χ1n) is 41.5. The Morgan fingerprint density at radius 1 is 0.466 bits per heavy atom. The maximum Gasteiger partial charge on any atom is 0.463 e. The predicted octanol–water partition coefficient (Wildman–Crippen LogP) is 27.3. The molecule has 0 saturated carbocycles. The van der Waals surface area contributed by atoms with E-state index in [4.69, 9.17) is 41.1 Å². The van der Waals surface area contributed by atoms with Crippen LogP contribution in [-0.2, 0) is 31.4 Å². The van der Waals surface area contributed by atoms with Gasteiger partial charge < -0.3 is 36.6 Å². The van der Waals surface area contributed by atoms with E-state index in [1.54, 1.807) is 0 Å². The van der Waals surface area contributed by atoms with E-state index < -0.39 is 31.6 Å². The van der Waals surface area contributed by atoms with Gasteiger partial charge in [-0.2, -0.15) is 0 Å². The van der Waals surface area contributed by atoms with Gasteiger partial charge in [-0.1, -0.05) is 257 Å². The van der Waals surface area contributed by atoms with Crippen LogP contribution in [0.15, 0.2) is 200 Å². The summed E-state index contributed by atoms with van der Waals surface area (Å²) in [5, 5.41) is 6.23. The summed E-state index contributed by atoms with van der Waals surface area (Å²) >= 11 is 0. The summed E-state index contributed by atoms with van der Waals surface area (Å²) in [6.07, 6.45) is 4.58. The molecule has 17 heteroatoms. The number of hydrogen-bond donors (Lipinski definition) is 0. The summed E-state index contributed by atoms with van der Waals surface area (Å²) in [7, 11) is -5.32. The molecule has 0 radical (unpaired) electrons. The summed E-state index contributed by atoms with van der Waals surface area (Å²) < 4.78 is 71.3. The number of benzene rings is 11. The molecule has 10 nitrogen and oxygen atoms in total. The molecule has 0 N–H and O–H groups in total. The van der Waals surface area contributed by atoms with Crippen molar-refractivity contribution in [1.29, 1.82) is 0 Å². The zero-order valence-electron chi connectivity index (χ0n) is 72.9. The van der Waals surface area contributed by atoms with E-state index in [9.17, 15) is 4.57 Å². The Morgan fingerprint density at radius 2 is 0.949 bits per heavy atom. The zero-order chi connectivity index (χ0) is 84.1. The molecule has 0 aliphatic carbocycles. The van der Waals surface area contributed by atoms with Gasteiger partial charge in [-0.15, -0.1) is 0 Å². The van der Waals surface area contributed by atoms with Crippen LogP contribution in [0, 0.1) is 114 Å². The van der Waals surface area contributed by atoms with Gasteiger partial charge in [-0.25, -0.2) is 0 Å². The summed E-state index contributed by atoms with van der Waals surface area (Å²) in [5.41, 5.74) is 27.9. The fourth-order valence-corrected chi connectivity index (χ4v) is 32.3. The van der Waals surface area contributed by atoms with Crippen molar-refractivity contribution >= 4 is 82.9 Å². The Bertz CT molecular complexity index is 5210. The highest BCUT2D eigenvalue weighted by Gasteiger charge is 2.40. The van der Waals surface area contributed by atoms with Gasteiger partial charge in [0.2, 0.25) is 0 Å². The smallest absolute Gasteiger partial charge is 0.463 e. The minimum atomic E-state index is -3.15. The highest BCUT2D eigenvalue weighted by atomic mass is 32.1. The van der Waals surface area contributed by atoms with Crippen LogP contribution in [-0.4, -0.2) is 26.1 Å². The maximum atomic E-state index is 14.7. The first-order valence-corrected chi connectivity index (χ1v) is 52.2. The third-order valence-corrected chi connectivity index (χ3v) is 36.5. The lowest BCUT2D eigenvalue weighted by Gasteiger charge is -2.36. The maximum absolute atomic E-state index is 14.7. The number of fused-ring (bicyclic) bond motifs is 8. The molecule has 5 aliphatic heterocycles. The van der Waals surface area contributed by atoms with E-state index in [0.29, 0.717) is 35.0 Å². The van der Waals surface area contributed by atoms with Gasteiger partial charge in [-0.3, -0.25) is 9.09 Å². The molecule has 11 aromatic carbocycles. The summed E-state index contributed by atoms with van der Waals surface area (Å²) in [6, 6.07) is 70.4. The third kappa shape index (κ3) is 22.0. The van der Waals surface area contributed by atoms with Gasteiger partial charge in [0.25, 0.3) is 7.06 Å². The van der Waals surface area contributed by atoms with Gasteiger partial charge >= 0.3 is 16.7 Å². The summed E-state index contributed by atoms with van der Waals surface area (Å²) in [4.78, 5) is 0. The molecule has 1 fully saturated rings. The van der Waals surface area contributed by atoms with Crippen molar-refractivity contribution in [2.45, 2.75) is 196 Å². The lowest BCUT2D eigenvalue weighted by atomic mass is 9.77. The van der Waals surface area contributed by atoms with Gasteiger partial charge in [-0.05, 0) is 255 Å². The second-order valence-electron chi connectivity index (χ2n) is 35.1. The van der Waals surface area contributed by atoms with Crippen LogP contribution in [0.1, 0.15) is 202 Å². The van der Waals surface area contributed by atoms with Crippen LogP contribution in [0.25, 0.3) is 0 Å². The molecule has 9 unspecified atom stereocenters. The van der Waals surface area contributed by atoms with Gasteiger partial charge in [0.05, 0.1) is 25.1 Å². The van der Waals surface area contributed by atoms with Crippen molar-refractivity contribution in [2.24, 2.45) is 16.7 Å². The molecule has 618 valence electrons. The molecule has 0 aromatic heterocycles. The monoisotopic (exact) mass is 1710 g/mol. The van der Waals surface area contributed by atoms with Crippen LogP contribution >= 0.6 is 56.4 Å².